The third kappa shape index (κ3) is 4.25. The lowest BCUT2D eigenvalue weighted by Crippen LogP contribution is -2.30. The number of hydrogen-bond donors (Lipinski definition) is 2. The van der Waals surface area contributed by atoms with Crippen LogP contribution in [0.25, 0.3) is 11.1 Å². The molecule has 5 rings (SSSR count). The third-order valence-electron chi connectivity index (χ3n) is 6.97. The normalized spacial score (nSPS) is 16.5. The first-order chi connectivity index (χ1) is 16.9. The van der Waals surface area contributed by atoms with Crippen molar-refractivity contribution < 1.29 is 24.2 Å². The van der Waals surface area contributed by atoms with Gasteiger partial charge in [0.1, 0.15) is 6.61 Å². The summed E-state index contributed by atoms with van der Waals surface area (Å²) in [6.07, 6.45) is -0.149. The Kier molecular flexibility index (Phi) is 5.99. The van der Waals surface area contributed by atoms with Crippen LogP contribution in [0.2, 0.25) is 0 Å². The zero-order valence-electron chi connectivity index (χ0n) is 19.4. The van der Waals surface area contributed by atoms with E-state index in [1.165, 1.54) is 0 Å². The number of rotatable bonds is 5. The highest BCUT2D eigenvalue weighted by Gasteiger charge is 2.32. The van der Waals surface area contributed by atoms with Crippen molar-refractivity contribution in [3.63, 3.8) is 0 Å². The number of nitrogens with one attached hydrogen (secondary N) is 1. The lowest BCUT2D eigenvalue weighted by atomic mass is 9.98. The summed E-state index contributed by atoms with van der Waals surface area (Å²) in [5, 5.41) is 12.0. The zero-order valence-corrected chi connectivity index (χ0v) is 19.4. The summed E-state index contributed by atoms with van der Waals surface area (Å²) in [6.45, 7) is 2.55. The summed E-state index contributed by atoms with van der Waals surface area (Å²) in [5.74, 6) is -1.70. The van der Waals surface area contributed by atoms with Gasteiger partial charge in [0.2, 0.25) is 0 Å². The number of likely N-dealkylation sites (tertiary alicyclic amines) is 1. The quantitative estimate of drug-likeness (QED) is 0.553. The summed E-state index contributed by atoms with van der Waals surface area (Å²) in [6, 6.07) is 21.4. The smallest absolute Gasteiger partial charge is 0.411 e. The molecule has 1 aliphatic heterocycles. The van der Waals surface area contributed by atoms with Crippen LogP contribution in [0, 0.1) is 12.8 Å². The van der Waals surface area contributed by atoms with Gasteiger partial charge < -0.3 is 14.7 Å². The minimum absolute atomic E-state index is 0.0421. The Morgan fingerprint density at radius 2 is 1.63 bits per heavy atom. The van der Waals surface area contributed by atoms with Gasteiger partial charge in [-0.25, -0.2) is 4.79 Å². The van der Waals surface area contributed by atoms with Crippen LogP contribution in [0.3, 0.4) is 0 Å². The van der Waals surface area contributed by atoms with Crippen LogP contribution in [-0.2, 0) is 9.53 Å². The Balaban J connectivity index is 1.27. The molecule has 2 aliphatic rings. The van der Waals surface area contributed by atoms with Gasteiger partial charge in [0.05, 0.1) is 5.92 Å². The fourth-order valence-corrected chi connectivity index (χ4v) is 5.06. The molecule has 1 aliphatic carbocycles. The van der Waals surface area contributed by atoms with Crippen molar-refractivity contribution in [2.45, 2.75) is 19.3 Å². The van der Waals surface area contributed by atoms with Crippen LogP contribution in [0.4, 0.5) is 10.5 Å². The molecule has 2 amide bonds. The van der Waals surface area contributed by atoms with Crippen LogP contribution in [0.5, 0.6) is 0 Å². The molecular formula is C28H26N2O5. The van der Waals surface area contributed by atoms with Gasteiger partial charge in [-0.05, 0) is 53.3 Å². The van der Waals surface area contributed by atoms with Crippen LogP contribution in [0.15, 0.2) is 66.7 Å². The summed E-state index contributed by atoms with van der Waals surface area (Å²) in [4.78, 5) is 38.5. The van der Waals surface area contributed by atoms with Crippen LogP contribution < -0.4 is 5.32 Å². The van der Waals surface area contributed by atoms with E-state index >= 15 is 0 Å². The Bertz CT molecular complexity index is 1270. The topological polar surface area (TPSA) is 95.9 Å². The van der Waals surface area contributed by atoms with Gasteiger partial charge in [-0.3, -0.25) is 14.9 Å². The minimum Gasteiger partial charge on any atom is -0.481 e. The Labute approximate surface area is 203 Å². The second-order valence-electron chi connectivity index (χ2n) is 9.00. The fourth-order valence-electron chi connectivity index (χ4n) is 5.06. The van der Waals surface area contributed by atoms with E-state index in [1.807, 2.05) is 24.3 Å². The second kappa shape index (κ2) is 9.25. The molecule has 35 heavy (non-hydrogen) atoms. The van der Waals surface area contributed by atoms with E-state index in [0.29, 0.717) is 29.8 Å². The predicted molar refractivity (Wildman–Crippen MR) is 132 cm³/mol. The molecule has 0 bridgehead atoms. The highest BCUT2D eigenvalue weighted by Crippen LogP contribution is 2.44. The van der Waals surface area contributed by atoms with Gasteiger partial charge in [0.25, 0.3) is 5.91 Å². The first-order valence-corrected chi connectivity index (χ1v) is 11.7. The van der Waals surface area contributed by atoms with Crippen LogP contribution in [-0.4, -0.2) is 47.7 Å². The standard InChI is InChI=1S/C28H26N2O5/c1-17-19(26(31)30-14-13-18(15-30)27(32)33)11-6-12-25(17)29-28(34)35-16-24-22-9-4-2-7-20(22)21-8-3-5-10-23(21)24/h2-12,18,24H,13-16H2,1H3,(H,29,34)(H,32,33). The van der Waals surface area contributed by atoms with Crippen molar-refractivity contribution in [1.82, 2.24) is 4.90 Å². The Hall–Kier alpha value is -4.13. The molecule has 1 heterocycles. The molecule has 2 N–H and O–H groups in total. The lowest BCUT2D eigenvalue weighted by Gasteiger charge is -2.19. The van der Waals surface area contributed by atoms with E-state index < -0.39 is 18.0 Å². The summed E-state index contributed by atoms with van der Waals surface area (Å²) in [5.41, 5.74) is 6.13. The molecule has 0 radical (unpaired) electrons. The van der Waals surface area contributed by atoms with E-state index in [4.69, 9.17) is 4.74 Å². The van der Waals surface area contributed by atoms with Gasteiger partial charge in [-0.15, -0.1) is 0 Å². The number of benzene rings is 3. The molecule has 7 nitrogen and oxygen atoms in total. The largest absolute Gasteiger partial charge is 0.481 e. The molecule has 3 aromatic rings. The number of carbonyl (C=O) groups is 3. The fraction of sp³-hybridized carbons (Fsp3) is 0.250. The molecule has 0 aromatic heterocycles. The first kappa shape index (κ1) is 22.7. The first-order valence-electron chi connectivity index (χ1n) is 11.7. The number of amides is 2. The van der Waals surface area contributed by atoms with Crippen LogP contribution >= 0.6 is 0 Å². The van der Waals surface area contributed by atoms with Crippen molar-refractivity contribution in [3.8, 4) is 11.1 Å². The third-order valence-corrected chi connectivity index (χ3v) is 6.97. The number of fused-ring (bicyclic) bond motifs is 3. The zero-order chi connectivity index (χ0) is 24.5. The van der Waals surface area contributed by atoms with E-state index in [2.05, 4.69) is 29.6 Å². The number of anilines is 1. The Morgan fingerprint density at radius 3 is 2.26 bits per heavy atom. The monoisotopic (exact) mass is 470 g/mol. The average Bonchev–Trinajstić information content (AvgIpc) is 3.48. The molecule has 0 saturated carbocycles. The lowest BCUT2D eigenvalue weighted by molar-refractivity contribution is -0.141. The highest BCUT2D eigenvalue weighted by molar-refractivity contribution is 5.99. The molecule has 178 valence electrons. The number of ether oxygens (including phenoxy) is 1. The number of carboxylic acid groups (broad SMARTS) is 1. The van der Waals surface area contributed by atoms with E-state index in [1.54, 1.807) is 30.0 Å². The number of aliphatic carboxylic acids is 1. The maximum Gasteiger partial charge on any atom is 0.411 e. The highest BCUT2D eigenvalue weighted by atomic mass is 16.5. The number of carbonyl (C=O) groups excluding carboxylic acids is 2. The maximum absolute atomic E-state index is 13.0. The summed E-state index contributed by atoms with van der Waals surface area (Å²) < 4.78 is 5.63. The predicted octanol–water partition coefficient (Wildman–Crippen LogP) is 4.90. The van der Waals surface area contributed by atoms with Crippen molar-refractivity contribution in [1.29, 1.82) is 0 Å². The van der Waals surface area contributed by atoms with Crippen molar-refractivity contribution >= 4 is 23.7 Å². The molecule has 1 saturated heterocycles. The van der Waals surface area contributed by atoms with Gasteiger partial charge in [-0.1, -0.05) is 54.6 Å². The van der Waals surface area contributed by atoms with Crippen LogP contribution in [0.1, 0.15) is 39.4 Å². The van der Waals surface area contributed by atoms with Gasteiger partial charge in [0.15, 0.2) is 0 Å². The van der Waals surface area contributed by atoms with Crippen molar-refractivity contribution in [2.75, 3.05) is 25.0 Å². The van der Waals surface area contributed by atoms with Gasteiger partial charge in [-0.2, -0.15) is 0 Å². The average molecular weight is 471 g/mol. The summed E-state index contributed by atoms with van der Waals surface area (Å²) in [7, 11) is 0. The second-order valence-corrected chi connectivity index (χ2v) is 9.00. The molecule has 1 atom stereocenters. The van der Waals surface area contributed by atoms with Crippen molar-refractivity contribution in [3.05, 3.63) is 89.0 Å². The molecule has 1 unspecified atom stereocenters. The molecular weight excluding hydrogens is 444 g/mol. The molecule has 7 heteroatoms. The SMILES string of the molecule is Cc1c(NC(=O)OCC2c3ccccc3-c3ccccc32)cccc1C(=O)N1CCC(C(=O)O)C1. The van der Waals surface area contributed by atoms with Gasteiger partial charge >= 0.3 is 12.1 Å². The maximum atomic E-state index is 13.0. The van der Waals surface area contributed by atoms with Crippen molar-refractivity contribution in [2.24, 2.45) is 5.92 Å². The molecule has 0 spiro atoms. The number of carboxylic acids is 1. The van der Waals surface area contributed by atoms with E-state index in [9.17, 15) is 19.5 Å². The number of nitrogens with zero attached hydrogens (tertiary/aromatic N) is 1. The summed E-state index contributed by atoms with van der Waals surface area (Å²) >= 11 is 0. The Morgan fingerprint density at radius 1 is 0.971 bits per heavy atom. The van der Waals surface area contributed by atoms with Gasteiger partial charge in [0, 0.05) is 30.3 Å². The molecule has 1 fully saturated rings. The minimum atomic E-state index is -0.886. The number of hydrogen-bond acceptors (Lipinski definition) is 4. The molecule has 3 aromatic carbocycles. The van der Waals surface area contributed by atoms with E-state index in [-0.39, 0.29) is 25.0 Å². The van der Waals surface area contributed by atoms with E-state index in [0.717, 1.165) is 22.3 Å².